The second-order valence-electron chi connectivity index (χ2n) is 32.6. The Morgan fingerprint density at radius 2 is 0.409 bits per heavy atom. The number of hydrogen-bond donors (Lipinski definition) is 0. The van der Waals surface area contributed by atoms with E-state index >= 15 is 0 Å². The molecule has 115 heavy (non-hydrogen) atoms. The van der Waals surface area contributed by atoms with Gasteiger partial charge in [-0.2, -0.15) is 0 Å². The molecule has 0 heterocycles. The van der Waals surface area contributed by atoms with E-state index in [1.165, 1.54) is 57.8 Å². The maximum atomic E-state index is 13.4. The number of esters is 10. The van der Waals surface area contributed by atoms with Crippen LogP contribution in [0.5, 0.6) is 0 Å². The van der Waals surface area contributed by atoms with E-state index in [2.05, 4.69) is 55.4 Å². The van der Waals surface area contributed by atoms with Crippen LogP contribution in [0.1, 0.15) is 409 Å². The molecular formula is C93H170N2O20. The van der Waals surface area contributed by atoms with Crippen LogP contribution < -0.4 is 0 Å². The fourth-order valence-electron chi connectivity index (χ4n) is 13.9. The molecule has 0 aromatic rings. The van der Waals surface area contributed by atoms with Crippen molar-refractivity contribution in [1.29, 1.82) is 0 Å². The maximum absolute atomic E-state index is 13.4. The van der Waals surface area contributed by atoms with Crippen molar-refractivity contribution in [2.45, 2.75) is 421 Å². The van der Waals surface area contributed by atoms with Gasteiger partial charge in [-0.1, -0.05) is 280 Å². The van der Waals surface area contributed by atoms with Gasteiger partial charge in [-0.25, -0.2) is 0 Å². The average molecular weight is 1640 g/mol. The molecule has 0 fully saturated rings. The lowest BCUT2D eigenvalue weighted by Crippen LogP contribution is -2.38. The van der Waals surface area contributed by atoms with Gasteiger partial charge in [0.15, 0.2) is 12.2 Å². The number of likely N-dealkylation sites (N-methyl/N-ethyl adjacent to an activating group) is 2. The molecule has 0 aromatic carbocycles. The predicted octanol–water partition coefficient (Wildman–Crippen LogP) is 21.1. The summed E-state index contributed by atoms with van der Waals surface area (Å²) in [7, 11) is 3.39. The van der Waals surface area contributed by atoms with Gasteiger partial charge in [-0.05, 0) is 117 Å². The second-order valence-corrected chi connectivity index (χ2v) is 32.6. The lowest BCUT2D eigenvalue weighted by atomic mass is 9.94. The molecule has 0 aliphatic rings. The quantitative estimate of drug-likeness (QED) is 0.0311. The van der Waals surface area contributed by atoms with Gasteiger partial charge in [0, 0.05) is 38.8 Å². The van der Waals surface area contributed by atoms with Crippen molar-refractivity contribution in [2.75, 3.05) is 93.1 Å². The van der Waals surface area contributed by atoms with Crippen molar-refractivity contribution in [3.8, 4) is 0 Å². The third kappa shape index (κ3) is 68.1. The summed E-state index contributed by atoms with van der Waals surface area (Å²) >= 11 is 0. The van der Waals surface area contributed by atoms with Gasteiger partial charge >= 0.3 is 59.7 Å². The topological polar surface area (TPSA) is 269 Å². The van der Waals surface area contributed by atoms with Crippen LogP contribution in [0.2, 0.25) is 0 Å². The van der Waals surface area contributed by atoms with E-state index in [1.54, 1.807) is 23.9 Å². The minimum Gasteiger partial charge on any atom is -0.465 e. The first kappa shape index (κ1) is 110. The van der Waals surface area contributed by atoms with E-state index in [4.69, 9.17) is 47.4 Å². The predicted molar refractivity (Wildman–Crippen MR) is 456 cm³/mol. The minimum atomic E-state index is -1.12. The highest BCUT2D eigenvalue weighted by molar-refractivity contribution is 5.75. The Bertz CT molecular complexity index is 2400. The first-order valence-electron chi connectivity index (χ1n) is 46.9. The number of nitrogens with zero attached hydrogens (tertiary/aromatic N) is 2. The number of carbonyl (C=O) groups excluding carboxylic acids is 10. The van der Waals surface area contributed by atoms with Gasteiger partial charge < -0.3 is 47.4 Å². The van der Waals surface area contributed by atoms with E-state index in [-0.39, 0.29) is 126 Å². The summed E-state index contributed by atoms with van der Waals surface area (Å²) in [6.07, 6.45) is 46.2. The molecule has 22 heteroatoms. The molecule has 0 aliphatic carbocycles. The molecule has 22 nitrogen and oxygen atoms in total. The Balaban J connectivity index is 5.92. The average Bonchev–Trinajstić information content (AvgIpc) is 0.957. The molecule has 0 rings (SSSR count). The van der Waals surface area contributed by atoms with Gasteiger partial charge in [0.1, 0.15) is 26.4 Å². The Labute approximate surface area is 699 Å². The van der Waals surface area contributed by atoms with Crippen molar-refractivity contribution >= 4 is 59.7 Å². The standard InChI is InChI=1S/C93H170N2O20/c1-11-19-27-33-36-44-60-80(57-41-31-23-15-5)92(104)107-69-51-47-63-85(97)111-75-83(115-87(99)65-49-53-71-109-93(105)81(58-42-32-24-16-6)61-45-37-34-28-20-12-2)77-113-89(101)73-95(10)67-66-94(9)72-88(100)112-76-82(74-110-84(96)62-46-50-68-106-90(102)78(54-38-25-17-7)55-39-26-18-8)114-86(98)64-48-52-70-108-91(103)79(56-40-30-22-14-4)59-43-35-29-21-13-3/h78-83H,11-77H2,1-10H3. The molecule has 0 spiro atoms. The van der Waals surface area contributed by atoms with E-state index < -0.39 is 61.2 Å². The molecule has 0 aliphatic heterocycles. The van der Waals surface area contributed by atoms with Crippen LogP contribution in [0.3, 0.4) is 0 Å². The van der Waals surface area contributed by atoms with Crippen molar-refractivity contribution in [2.24, 2.45) is 23.7 Å². The number of rotatable bonds is 84. The number of carbonyl (C=O) groups is 10. The smallest absolute Gasteiger partial charge is 0.320 e. The normalized spacial score (nSPS) is 12.7. The zero-order chi connectivity index (χ0) is 84.8. The lowest BCUT2D eigenvalue weighted by Gasteiger charge is -2.22. The van der Waals surface area contributed by atoms with E-state index in [0.717, 1.165) is 218 Å². The molecule has 672 valence electrons. The number of ether oxygens (including phenoxy) is 10. The summed E-state index contributed by atoms with van der Waals surface area (Å²) in [5, 5.41) is 0. The van der Waals surface area contributed by atoms with Gasteiger partial charge in [0.05, 0.1) is 63.2 Å². The summed E-state index contributed by atoms with van der Waals surface area (Å²) in [5.41, 5.74) is 0. The van der Waals surface area contributed by atoms with Gasteiger partial charge in [0.25, 0.3) is 0 Å². The largest absolute Gasteiger partial charge is 0.465 e. The van der Waals surface area contributed by atoms with Crippen LogP contribution in [0.25, 0.3) is 0 Å². The first-order chi connectivity index (χ1) is 55.8. The molecule has 0 bridgehead atoms. The van der Waals surface area contributed by atoms with Gasteiger partial charge in [-0.3, -0.25) is 57.7 Å². The third-order valence-electron chi connectivity index (χ3n) is 21.4. The SMILES string of the molecule is CCCCCCCCC(CCCCCC)C(=O)OCCCCC(=O)OCC(COC(=O)CN(C)CCN(C)CC(=O)OCC(COC(=O)CCCCOC(=O)C(CCCCC)CCCCC)OC(=O)CCCCOC(=O)C(CCCCCC)CCCCCCC)OC(=O)CCCCOC(=O)C(CCCCCC)CCCCCCCC. The van der Waals surface area contributed by atoms with Crippen LogP contribution in [0, 0.1) is 23.7 Å². The van der Waals surface area contributed by atoms with Gasteiger partial charge in [-0.15, -0.1) is 0 Å². The van der Waals surface area contributed by atoms with E-state index in [9.17, 15) is 47.9 Å². The molecule has 5 unspecified atom stereocenters. The molecule has 0 saturated heterocycles. The van der Waals surface area contributed by atoms with Crippen LogP contribution in [0.15, 0.2) is 0 Å². The van der Waals surface area contributed by atoms with Crippen LogP contribution in [-0.4, -0.2) is 175 Å². The molecule has 5 atom stereocenters. The fourth-order valence-corrected chi connectivity index (χ4v) is 13.9. The monoisotopic (exact) mass is 1640 g/mol. The maximum Gasteiger partial charge on any atom is 0.320 e. The summed E-state index contributed by atoms with van der Waals surface area (Å²) in [4.78, 5) is 136. The Kier molecular flexibility index (Phi) is 76.0. The molecule has 0 N–H and O–H groups in total. The summed E-state index contributed by atoms with van der Waals surface area (Å²) < 4.78 is 56.8. The highest BCUT2D eigenvalue weighted by atomic mass is 16.6. The number of unbranched alkanes of at least 4 members (excludes halogenated alkanes) is 31. The zero-order valence-electron chi connectivity index (χ0n) is 74.9. The summed E-state index contributed by atoms with van der Waals surface area (Å²) in [6.45, 7) is 16.8. The summed E-state index contributed by atoms with van der Waals surface area (Å²) in [5.74, 6) is -4.86. The zero-order valence-corrected chi connectivity index (χ0v) is 74.9. The lowest BCUT2D eigenvalue weighted by molar-refractivity contribution is -0.167. The van der Waals surface area contributed by atoms with Crippen molar-refractivity contribution < 1.29 is 95.3 Å². The minimum absolute atomic E-state index is 0.0117. The fraction of sp³-hybridized carbons (Fsp3) is 0.892. The molecule has 0 amide bonds. The van der Waals surface area contributed by atoms with Crippen molar-refractivity contribution in [3.63, 3.8) is 0 Å². The highest BCUT2D eigenvalue weighted by Crippen LogP contribution is 2.26. The van der Waals surface area contributed by atoms with Gasteiger partial charge in [0.2, 0.25) is 0 Å². The van der Waals surface area contributed by atoms with E-state index in [1.807, 2.05) is 0 Å². The first-order valence-corrected chi connectivity index (χ1v) is 46.9. The van der Waals surface area contributed by atoms with Crippen molar-refractivity contribution in [1.82, 2.24) is 9.80 Å². The molecule has 0 saturated carbocycles. The third-order valence-corrected chi connectivity index (χ3v) is 21.4. The highest BCUT2D eigenvalue weighted by Gasteiger charge is 2.27. The van der Waals surface area contributed by atoms with Crippen LogP contribution >= 0.6 is 0 Å². The number of hydrogen-bond acceptors (Lipinski definition) is 22. The Morgan fingerprint density at radius 3 is 0.652 bits per heavy atom. The molecule has 0 aromatic heterocycles. The Hall–Kier alpha value is -5.38. The van der Waals surface area contributed by atoms with E-state index in [0.29, 0.717) is 64.5 Å². The van der Waals surface area contributed by atoms with Crippen molar-refractivity contribution in [3.05, 3.63) is 0 Å². The Morgan fingerprint density at radius 1 is 0.217 bits per heavy atom. The second kappa shape index (κ2) is 79.7. The molecular weight excluding hydrogens is 1470 g/mol. The summed E-state index contributed by atoms with van der Waals surface area (Å²) in [6, 6.07) is 0. The molecule has 0 radical (unpaired) electrons. The van der Waals surface area contributed by atoms with Crippen LogP contribution in [-0.2, 0) is 95.3 Å². The van der Waals surface area contributed by atoms with Crippen LogP contribution in [0.4, 0.5) is 0 Å².